The van der Waals surface area contributed by atoms with Crippen LogP contribution in [0.3, 0.4) is 0 Å². The lowest BCUT2D eigenvalue weighted by atomic mass is 9.66. The van der Waals surface area contributed by atoms with Crippen molar-refractivity contribution in [2.24, 2.45) is 17.8 Å². The van der Waals surface area contributed by atoms with Crippen molar-refractivity contribution < 1.29 is 13.6 Å². The van der Waals surface area contributed by atoms with E-state index in [0.717, 1.165) is 32.1 Å². The number of allylic oxidation sites excluding steroid dienone is 1. The molecule has 1 aromatic rings. The molecule has 2 aliphatic heterocycles. The summed E-state index contributed by atoms with van der Waals surface area (Å²) in [5.41, 5.74) is 2.05. The van der Waals surface area contributed by atoms with E-state index in [0.29, 0.717) is 24.4 Å². The fourth-order valence-electron chi connectivity index (χ4n) is 7.70. The van der Waals surface area contributed by atoms with Crippen molar-refractivity contribution in [3.05, 3.63) is 53.6 Å². The fourth-order valence-corrected chi connectivity index (χ4v) is 10.2. The van der Waals surface area contributed by atoms with Gasteiger partial charge in [0.25, 0.3) is 0 Å². The Morgan fingerprint density at radius 3 is 2.43 bits per heavy atom. The van der Waals surface area contributed by atoms with E-state index in [9.17, 15) is 0 Å². The Hall–Kier alpha value is -0.986. The van der Waals surface area contributed by atoms with Crippen molar-refractivity contribution in [1.29, 1.82) is 0 Å². The van der Waals surface area contributed by atoms with Gasteiger partial charge in [0.1, 0.15) is 0 Å². The quantitative estimate of drug-likeness (QED) is 0.268. The average molecular weight is 539 g/mol. The van der Waals surface area contributed by atoms with E-state index < -0.39 is 16.6 Å². The summed E-state index contributed by atoms with van der Waals surface area (Å²) in [6.45, 7) is 22.0. The van der Waals surface area contributed by atoms with E-state index >= 15 is 0 Å². The van der Waals surface area contributed by atoms with E-state index in [1.807, 2.05) is 0 Å². The first-order chi connectivity index (χ1) is 17.1. The van der Waals surface area contributed by atoms with Gasteiger partial charge < -0.3 is 13.6 Å². The third-order valence-corrected chi connectivity index (χ3v) is 15.6. The third-order valence-electron chi connectivity index (χ3n) is 10.2. The first-order valence-corrected chi connectivity index (χ1v) is 20.9. The summed E-state index contributed by atoms with van der Waals surface area (Å²) in [5, 5.41) is 0.177. The van der Waals surface area contributed by atoms with Crippen molar-refractivity contribution in [2.45, 2.75) is 114 Å². The maximum Gasteiger partial charge on any atom is 0.192 e. The van der Waals surface area contributed by atoms with E-state index in [1.54, 1.807) is 0 Å². The summed E-state index contributed by atoms with van der Waals surface area (Å²) in [4.78, 5) is 0. The summed E-state index contributed by atoms with van der Waals surface area (Å²) < 4.78 is 21.9. The van der Waals surface area contributed by atoms with Gasteiger partial charge in [-0.3, -0.25) is 0 Å². The average Bonchev–Trinajstić information content (AvgIpc) is 3.22. The molecule has 0 aromatic heterocycles. The number of hydrogen-bond acceptors (Lipinski definition) is 3. The highest BCUT2D eigenvalue weighted by Crippen LogP contribution is 2.69. The van der Waals surface area contributed by atoms with Crippen LogP contribution in [0.5, 0.6) is 0 Å². The zero-order valence-corrected chi connectivity index (χ0v) is 26.8. The number of fused-ring (bicyclic) bond motifs is 2. The normalized spacial score (nSPS) is 38.6. The lowest BCUT2D eigenvalue weighted by Crippen LogP contribution is -2.64. The van der Waals surface area contributed by atoms with Crippen LogP contribution in [0.2, 0.25) is 37.8 Å². The molecule has 0 N–H and O–H groups in total. The molecule has 0 unspecified atom stereocenters. The molecular weight excluding hydrogens is 489 g/mol. The van der Waals surface area contributed by atoms with E-state index in [4.69, 9.17) is 13.6 Å². The van der Waals surface area contributed by atoms with Crippen LogP contribution in [-0.4, -0.2) is 40.0 Å². The van der Waals surface area contributed by atoms with Gasteiger partial charge in [-0.15, -0.1) is 0 Å². The Labute approximate surface area is 228 Å². The summed E-state index contributed by atoms with van der Waals surface area (Å²) in [5.74, 6) is 1.31. The van der Waals surface area contributed by atoms with Gasteiger partial charge in [0.05, 0.1) is 23.4 Å². The van der Waals surface area contributed by atoms with E-state index in [-0.39, 0.29) is 21.8 Å². The molecule has 3 nitrogen and oxygen atoms in total. The van der Waals surface area contributed by atoms with Crippen molar-refractivity contribution in [1.82, 2.24) is 0 Å². The number of benzene rings is 1. The lowest BCUT2D eigenvalue weighted by Gasteiger charge is -2.57. The molecule has 2 bridgehead atoms. The first kappa shape index (κ1) is 27.6. The van der Waals surface area contributed by atoms with Crippen LogP contribution in [-0.2, 0) is 13.6 Å². The zero-order valence-electron chi connectivity index (χ0n) is 24.8. The lowest BCUT2D eigenvalue weighted by molar-refractivity contribution is -0.237. The summed E-state index contributed by atoms with van der Waals surface area (Å²) in [7, 11) is -3.81. The minimum Gasteiger partial charge on any atom is -0.414 e. The van der Waals surface area contributed by atoms with Gasteiger partial charge in [-0.2, -0.15) is 0 Å². The van der Waals surface area contributed by atoms with Gasteiger partial charge in [0.15, 0.2) is 16.6 Å². The molecule has 1 aromatic carbocycles. The Bertz CT molecular complexity index is 1070. The number of rotatable bonds is 6. The van der Waals surface area contributed by atoms with Gasteiger partial charge in [-0.25, -0.2) is 0 Å². The van der Waals surface area contributed by atoms with Crippen LogP contribution in [0.15, 0.2) is 48.1 Å². The topological polar surface area (TPSA) is 27.7 Å². The molecule has 3 fully saturated rings. The summed E-state index contributed by atoms with van der Waals surface area (Å²) in [6.07, 6.45) is 12.7. The van der Waals surface area contributed by atoms with Crippen LogP contribution in [0.25, 0.3) is 6.08 Å². The van der Waals surface area contributed by atoms with Gasteiger partial charge in [0.2, 0.25) is 0 Å². The third kappa shape index (κ3) is 4.71. The molecule has 1 saturated carbocycles. The largest absolute Gasteiger partial charge is 0.414 e. The highest BCUT2D eigenvalue weighted by atomic mass is 28.4. The van der Waals surface area contributed by atoms with Crippen LogP contribution < -0.4 is 0 Å². The van der Waals surface area contributed by atoms with Gasteiger partial charge in [-0.1, -0.05) is 76.3 Å². The van der Waals surface area contributed by atoms with Crippen molar-refractivity contribution in [3.8, 4) is 0 Å². The number of ether oxygens (including phenoxy) is 1. The molecule has 6 atom stereocenters. The molecule has 0 radical (unpaired) electrons. The second-order valence-corrected chi connectivity index (χ2v) is 24.3. The van der Waals surface area contributed by atoms with Crippen molar-refractivity contribution in [3.63, 3.8) is 0 Å². The van der Waals surface area contributed by atoms with E-state index in [1.165, 1.54) is 11.1 Å². The van der Waals surface area contributed by atoms with Gasteiger partial charge in [0, 0.05) is 18.3 Å². The molecule has 2 aliphatic carbocycles. The molecule has 5 heteroatoms. The van der Waals surface area contributed by atoms with Crippen molar-refractivity contribution in [2.75, 3.05) is 6.61 Å². The minimum atomic E-state index is -1.93. The molecule has 2 heterocycles. The summed E-state index contributed by atoms with van der Waals surface area (Å²) in [6, 6.07) is 10.9. The molecule has 204 valence electrons. The first-order valence-electron chi connectivity index (χ1n) is 14.6. The second-order valence-electron chi connectivity index (χ2n) is 15.0. The molecular formula is C32H50O3Si2. The van der Waals surface area contributed by atoms with Gasteiger partial charge >= 0.3 is 0 Å². The highest BCUT2D eigenvalue weighted by molar-refractivity contribution is 6.74. The van der Waals surface area contributed by atoms with Crippen molar-refractivity contribution >= 4 is 22.7 Å². The molecule has 5 rings (SSSR count). The molecule has 1 spiro atoms. The second kappa shape index (κ2) is 9.02. The molecule has 0 amide bonds. The molecule has 4 aliphatic rings. The van der Waals surface area contributed by atoms with Crippen LogP contribution in [0, 0.1) is 17.8 Å². The number of hydrogen-bond donors (Lipinski definition) is 0. The Kier molecular flexibility index (Phi) is 6.72. The highest BCUT2D eigenvalue weighted by Gasteiger charge is 2.73. The predicted octanol–water partition coefficient (Wildman–Crippen LogP) is 8.61. The van der Waals surface area contributed by atoms with E-state index in [2.05, 4.69) is 109 Å². The predicted molar refractivity (Wildman–Crippen MR) is 160 cm³/mol. The smallest absolute Gasteiger partial charge is 0.192 e. The Balaban J connectivity index is 1.64. The standard InChI is InChI=1S/C32H50O3Si2/c1-24-19-28-31-18-14-13-17-26(31)21-30(34-31,23-33-37(8,9)29(2,3)4)22-32(28,35-36(5,6)7)27(24)20-25-15-11-10-12-16-25/h10-13,15-17,20,24,26,28H,14,18-19,21-23H2,1-9H3/t24-,26-,28+,30+,31-,32+/m1/s1. The molecule has 2 saturated heterocycles. The fraction of sp³-hybridized carbons (Fsp3) is 0.688. The van der Waals surface area contributed by atoms with Crippen LogP contribution in [0.1, 0.15) is 65.4 Å². The summed E-state index contributed by atoms with van der Waals surface area (Å²) >= 11 is 0. The zero-order chi connectivity index (χ0) is 26.9. The monoisotopic (exact) mass is 538 g/mol. The van der Waals surface area contributed by atoms with Gasteiger partial charge in [-0.05, 0) is 80.5 Å². The maximum atomic E-state index is 7.52. The van der Waals surface area contributed by atoms with Crippen LogP contribution in [0.4, 0.5) is 0 Å². The molecule has 37 heavy (non-hydrogen) atoms. The van der Waals surface area contributed by atoms with Crippen LogP contribution >= 0.6 is 0 Å². The Morgan fingerprint density at radius 2 is 1.78 bits per heavy atom. The maximum absolute atomic E-state index is 7.52. The Morgan fingerprint density at radius 1 is 1.08 bits per heavy atom. The minimum absolute atomic E-state index is 0.149. The SMILES string of the molecule is C[C@@H]1C[C@H]2[C@@]34CCC=C[C@@H]3C[C@@](CO[Si](C)(C)C(C)(C)C)(C[C@]2(O[Si](C)(C)C)C1=Cc1ccccc1)O4.